The van der Waals surface area contributed by atoms with Gasteiger partial charge in [-0.25, -0.2) is 9.59 Å². The van der Waals surface area contributed by atoms with Gasteiger partial charge in [0.15, 0.2) is 0 Å². The maximum Gasteiger partial charge on any atom is 0.340 e. The van der Waals surface area contributed by atoms with Crippen LogP contribution in [0.3, 0.4) is 0 Å². The summed E-state index contributed by atoms with van der Waals surface area (Å²) in [5.41, 5.74) is 1.42. The van der Waals surface area contributed by atoms with Crippen LogP contribution in [0.2, 0.25) is 0 Å². The van der Waals surface area contributed by atoms with Gasteiger partial charge >= 0.3 is 11.6 Å². The summed E-state index contributed by atoms with van der Waals surface area (Å²) in [6, 6.07) is 2.53. The molecule has 1 atom stereocenters. The summed E-state index contributed by atoms with van der Waals surface area (Å²) in [4.78, 5) is 35.9. The van der Waals surface area contributed by atoms with E-state index in [9.17, 15) is 19.5 Å². The summed E-state index contributed by atoms with van der Waals surface area (Å²) in [6.45, 7) is 6.97. The molecule has 2 rings (SSSR count). The third-order valence-electron chi connectivity index (χ3n) is 4.29. The largest absolute Gasteiger partial charge is 0.496 e. The van der Waals surface area contributed by atoms with Crippen molar-refractivity contribution in [3.63, 3.8) is 0 Å². The molecular weight excluding hydrogens is 338 g/mol. The van der Waals surface area contributed by atoms with Crippen LogP contribution in [0.1, 0.15) is 30.5 Å². The van der Waals surface area contributed by atoms with Gasteiger partial charge in [0, 0.05) is 0 Å². The Hall–Kier alpha value is -2.83. The Morgan fingerprint density at radius 3 is 2.46 bits per heavy atom. The second-order valence-electron chi connectivity index (χ2n) is 6.64. The van der Waals surface area contributed by atoms with Gasteiger partial charge in [0.05, 0.1) is 24.5 Å². The van der Waals surface area contributed by atoms with Crippen LogP contribution in [0.5, 0.6) is 5.75 Å². The van der Waals surface area contributed by atoms with E-state index in [1.807, 2.05) is 13.0 Å². The molecule has 2 N–H and O–H groups in total. The van der Waals surface area contributed by atoms with Crippen LogP contribution >= 0.6 is 0 Å². The first-order valence-electron chi connectivity index (χ1n) is 8.28. The molecule has 0 fully saturated rings. The number of hydrogen-bond donors (Lipinski definition) is 2. The molecule has 1 aromatic carbocycles. The van der Waals surface area contributed by atoms with Gasteiger partial charge in [-0.1, -0.05) is 13.8 Å². The van der Waals surface area contributed by atoms with E-state index < -0.39 is 23.5 Å². The van der Waals surface area contributed by atoms with Crippen molar-refractivity contribution in [2.45, 2.75) is 40.2 Å². The first-order valence-corrected chi connectivity index (χ1v) is 8.28. The molecular formula is C19H23NO6. The number of carbonyl (C=O) groups excluding carboxylic acids is 1. The lowest BCUT2D eigenvalue weighted by molar-refractivity contribution is -0.143. The third kappa shape index (κ3) is 3.87. The van der Waals surface area contributed by atoms with Crippen molar-refractivity contribution in [2.75, 3.05) is 7.11 Å². The second kappa shape index (κ2) is 7.59. The molecule has 0 aliphatic heterocycles. The molecule has 0 aliphatic rings. The van der Waals surface area contributed by atoms with Gasteiger partial charge in [0.2, 0.25) is 5.91 Å². The molecule has 0 saturated heterocycles. The molecule has 1 heterocycles. The molecule has 2 aromatic rings. The van der Waals surface area contributed by atoms with Crippen molar-refractivity contribution in [1.29, 1.82) is 0 Å². The van der Waals surface area contributed by atoms with Crippen LogP contribution in [-0.4, -0.2) is 30.1 Å². The maximum atomic E-state index is 12.4. The van der Waals surface area contributed by atoms with Gasteiger partial charge in [-0.05, 0) is 43.0 Å². The fraction of sp³-hybridized carbons (Fsp3) is 0.421. The van der Waals surface area contributed by atoms with E-state index in [1.54, 1.807) is 26.8 Å². The monoisotopic (exact) mass is 361 g/mol. The summed E-state index contributed by atoms with van der Waals surface area (Å²) in [5, 5.41) is 12.3. The Balaban J connectivity index is 2.44. The number of carboxylic acids is 1. The van der Waals surface area contributed by atoms with Gasteiger partial charge in [0.1, 0.15) is 17.4 Å². The minimum absolute atomic E-state index is 0.185. The number of carbonyl (C=O) groups is 2. The van der Waals surface area contributed by atoms with Crippen molar-refractivity contribution in [1.82, 2.24) is 5.32 Å². The average Bonchev–Trinajstić information content (AvgIpc) is 2.54. The van der Waals surface area contributed by atoms with Crippen LogP contribution in [0.25, 0.3) is 11.0 Å². The SMILES string of the molecule is COc1cc(C)cc2oc(=O)c(CC(=O)NC(C(=O)O)C(C)C)c(C)c12. The molecule has 0 saturated carbocycles. The van der Waals surface area contributed by atoms with Gasteiger partial charge in [-0.3, -0.25) is 4.79 Å². The highest BCUT2D eigenvalue weighted by Crippen LogP contribution is 2.30. The highest BCUT2D eigenvalue weighted by atomic mass is 16.5. The standard InChI is InChI=1S/C19H23NO6/c1-9(2)17(18(22)23)20-15(21)8-12-11(4)16-13(25-5)6-10(3)7-14(16)26-19(12)24/h6-7,9,17H,8H2,1-5H3,(H,20,21)(H,22,23). The van der Waals surface area contributed by atoms with Crippen LogP contribution in [0.4, 0.5) is 0 Å². The first kappa shape index (κ1) is 19.5. The zero-order valence-electron chi connectivity index (χ0n) is 15.5. The molecule has 1 unspecified atom stereocenters. The molecule has 7 nitrogen and oxygen atoms in total. The zero-order chi connectivity index (χ0) is 19.6. The minimum atomic E-state index is -1.12. The number of aliphatic carboxylic acids is 1. The Kier molecular flexibility index (Phi) is 5.69. The van der Waals surface area contributed by atoms with Gasteiger partial charge in [-0.2, -0.15) is 0 Å². The van der Waals surface area contributed by atoms with Crippen molar-refractivity contribution < 1.29 is 23.8 Å². The van der Waals surface area contributed by atoms with Crippen molar-refractivity contribution in [3.8, 4) is 5.75 Å². The molecule has 0 aliphatic carbocycles. The predicted octanol–water partition coefficient (Wildman–Crippen LogP) is 2.19. The average molecular weight is 361 g/mol. The van der Waals surface area contributed by atoms with E-state index in [0.29, 0.717) is 22.3 Å². The zero-order valence-corrected chi connectivity index (χ0v) is 15.5. The summed E-state index contributed by atoms with van der Waals surface area (Å²) in [5.74, 6) is -1.40. The number of nitrogens with one attached hydrogen (secondary N) is 1. The number of methoxy groups -OCH3 is 1. The second-order valence-corrected chi connectivity index (χ2v) is 6.64. The molecule has 0 spiro atoms. The lowest BCUT2D eigenvalue weighted by Crippen LogP contribution is -2.45. The molecule has 0 radical (unpaired) electrons. The van der Waals surface area contributed by atoms with E-state index in [2.05, 4.69) is 5.32 Å². The number of aryl methyl sites for hydroxylation is 2. The summed E-state index contributed by atoms with van der Waals surface area (Å²) in [7, 11) is 1.52. The van der Waals surface area contributed by atoms with Crippen LogP contribution in [0, 0.1) is 19.8 Å². The summed E-state index contributed by atoms with van der Waals surface area (Å²) in [6.07, 6.45) is -0.266. The smallest absolute Gasteiger partial charge is 0.340 e. The fourth-order valence-corrected chi connectivity index (χ4v) is 2.90. The molecule has 26 heavy (non-hydrogen) atoms. The molecule has 7 heteroatoms. The van der Waals surface area contributed by atoms with Gasteiger partial charge < -0.3 is 19.6 Å². The van der Waals surface area contributed by atoms with Crippen molar-refractivity contribution >= 4 is 22.8 Å². The number of benzene rings is 1. The summed E-state index contributed by atoms with van der Waals surface area (Å²) < 4.78 is 10.7. The van der Waals surface area contributed by atoms with Gasteiger partial charge in [-0.15, -0.1) is 0 Å². The quantitative estimate of drug-likeness (QED) is 0.764. The van der Waals surface area contributed by atoms with E-state index in [1.165, 1.54) is 7.11 Å². The fourth-order valence-electron chi connectivity index (χ4n) is 2.90. The lowest BCUT2D eigenvalue weighted by Gasteiger charge is -2.18. The van der Waals surface area contributed by atoms with Crippen molar-refractivity contribution in [3.05, 3.63) is 39.2 Å². The predicted molar refractivity (Wildman–Crippen MR) is 96.6 cm³/mol. The summed E-state index contributed by atoms with van der Waals surface area (Å²) >= 11 is 0. The highest BCUT2D eigenvalue weighted by Gasteiger charge is 2.25. The van der Waals surface area contributed by atoms with E-state index in [0.717, 1.165) is 5.56 Å². The topological polar surface area (TPSA) is 106 Å². The van der Waals surface area contributed by atoms with Gasteiger partial charge in [0.25, 0.3) is 0 Å². The number of fused-ring (bicyclic) bond motifs is 1. The molecule has 140 valence electrons. The molecule has 1 amide bonds. The molecule has 1 aromatic heterocycles. The Morgan fingerprint density at radius 1 is 1.27 bits per heavy atom. The van der Waals surface area contributed by atoms with Crippen LogP contribution in [0.15, 0.2) is 21.3 Å². The maximum absolute atomic E-state index is 12.4. The third-order valence-corrected chi connectivity index (χ3v) is 4.29. The Morgan fingerprint density at radius 2 is 1.92 bits per heavy atom. The number of rotatable bonds is 6. The molecule has 0 bridgehead atoms. The number of hydrogen-bond acceptors (Lipinski definition) is 5. The normalized spacial score (nSPS) is 12.2. The van der Waals surface area contributed by atoms with E-state index in [4.69, 9.17) is 9.15 Å². The first-order chi connectivity index (χ1) is 12.1. The van der Waals surface area contributed by atoms with E-state index >= 15 is 0 Å². The number of carboxylic acid groups (broad SMARTS) is 1. The van der Waals surface area contributed by atoms with Crippen LogP contribution < -0.4 is 15.7 Å². The lowest BCUT2D eigenvalue weighted by atomic mass is 10.0. The minimum Gasteiger partial charge on any atom is -0.496 e. The Labute approximate surface area is 151 Å². The highest BCUT2D eigenvalue weighted by molar-refractivity contribution is 5.90. The Bertz CT molecular complexity index is 912. The number of ether oxygens (including phenoxy) is 1. The van der Waals surface area contributed by atoms with Crippen molar-refractivity contribution in [2.24, 2.45) is 5.92 Å². The number of amides is 1. The van der Waals surface area contributed by atoms with E-state index in [-0.39, 0.29) is 17.9 Å². The van der Waals surface area contributed by atoms with Crippen LogP contribution in [-0.2, 0) is 16.0 Å².